The molecule has 3 heteroatoms. The Morgan fingerprint density at radius 2 is 1.94 bits per heavy atom. The van der Waals surface area contributed by atoms with E-state index in [9.17, 15) is 0 Å². The van der Waals surface area contributed by atoms with Crippen molar-refractivity contribution in [2.75, 3.05) is 0 Å². The van der Waals surface area contributed by atoms with E-state index < -0.39 is 0 Å². The molecule has 1 aromatic carbocycles. The summed E-state index contributed by atoms with van der Waals surface area (Å²) >= 11 is 1.82. The molecular weight excluding hydrogens is 240 g/mol. The lowest BCUT2D eigenvalue weighted by Gasteiger charge is -2.03. The molecule has 0 saturated carbocycles. The van der Waals surface area contributed by atoms with Gasteiger partial charge in [-0.3, -0.25) is 4.40 Å². The van der Waals surface area contributed by atoms with E-state index in [-0.39, 0.29) is 0 Å². The highest BCUT2D eigenvalue weighted by molar-refractivity contribution is 7.98. The number of imidazole rings is 1. The summed E-state index contributed by atoms with van der Waals surface area (Å²) in [4.78, 5) is 4.41. The number of nitrogens with zero attached hydrogens (tertiary/aromatic N) is 2. The zero-order valence-corrected chi connectivity index (χ0v) is 11.0. The predicted octanol–water partition coefficient (Wildman–Crippen LogP) is 3.94. The van der Waals surface area contributed by atoms with Gasteiger partial charge in [-0.2, -0.15) is 0 Å². The average molecular weight is 254 g/mol. The van der Waals surface area contributed by atoms with Crippen LogP contribution in [0.2, 0.25) is 0 Å². The third kappa shape index (κ3) is 2.27. The van der Waals surface area contributed by atoms with Crippen LogP contribution in [0, 0.1) is 6.92 Å². The third-order valence-electron chi connectivity index (χ3n) is 2.85. The summed E-state index contributed by atoms with van der Waals surface area (Å²) in [6.45, 7) is 2.10. The Labute approximate surface area is 111 Å². The first-order valence-electron chi connectivity index (χ1n) is 5.93. The van der Waals surface area contributed by atoms with Crippen molar-refractivity contribution in [2.24, 2.45) is 0 Å². The number of benzene rings is 1. The summed E-state index contributed by atoms with van der Waals surface area (Å²) in [5.41, 5.74) is 3.60. The molecule has 2 nitrogen and oxygen atoms in total. The average Bonchev–Trinajstić information content (AvgIpc) is 2.80. The summed E-state index contributed by atoms with van der Waals surface area (Å²) in [6.07, 6.45) is 4.08. The van der Waals surface area contributed by atoms with Gasteiger partial charge in [0.05, 0.1) is 11.2 Å². The molecule has 0 aliphatic heterocycles. The summed E-state index contributed by atoms with van der Waals surface area (Å²) in [5, 5.41) is 1.19. The minimum absolute atomic E-state index is 0.975. The van der Waals surface area contributed by atoms with Crippen LogP contribution in [0.3, 0.4) is 0 Å². The van der Waals surface area contributed by atoms with E-state index in [2.05, 4.69) is 58.9 Å². The minimum atomic E-state index is 0.975. The van der Waals surface area contributed by atoms with Gasteiger partial charge in [-0.25, -0.2) is 4.98 Å². The number of rotatable bonds is 3. The molecule has 0 bridgehead atoms. The number of fused-ring (bicyclic) bond motifs is 1. The van der Waals surface area contributed by atoms with Crippen LogP contribution in [-0.2, 0) is 5.75 Å². The van der Waals surface area contributed by atoms with Crippen LogP contribution >= 0.6 is 11.8 Å². The Morgan fingerprint density at radius 3 is 2.78 bits per heavy atom. The molecule has 0 spiro atoms. The molecule has 0 unspecified atom stereocenters. The van der Waals surface area contributed by atoms with Crippen molar-refractivity contribution in [2.45, 2.75) is 17.7 Å². The second kappa shape index (κ2) is 4.86. The Bertz CT molecular complexity index is 659. The molecule has 90 valence electrons. The molecule has 0 aliphatic rings. The fourth-order valence-electron chi connectivity index (χ4n) is 1.90. The molecule has 0 amide bonds. The number of pyridine rings is 1. The fraction of sp³-hybridized carbons (Fsp3) is 0.133. The van der Waals surface area contributed by atoms with Gasteiger partial charge in [-0.05, 0) is 24.1 Å². The van der Waals surface area contributed by atoms with E-state index in [1.54, 1.807) is 0 Å². The quantitative estimate of drug-likeness (QED) is 0.659. The van der Waals surface area contributed by atoms with Gasteiger partial charge >= 0.3 is 0 Å². The van der Waals surface area contributed by atoms with Crippen molar-refractivity contribution in [3.8, 4) is 0 Å². The smallest absolute Gasteiger partial charge is 0.137 e. The summed E-state index contributed by atoms with van der Waals surface area (Å²) in [5.74, 6) is 0.975. The molecule has 0 aliphatic carbocycles. The minimum Gasteiger partial charge on any atom is -0.294 e. The van der Waals surface area contributed by atoms with Gasteiger partial charge < -0.3 is 0 Å². The van der Waals surface area contributed by atoms with Crippen molar-refractivity contribution in [3.05, 3.63) is 66.0 Å². The van der Waals surface area contributed by atoms with Crippen molar-refractivity contribution < 1.29 is 0 Å². The van der Waals surface area contributed by atoms with E-state index in [1.807, 2.05) is 24.0 Å². The first kappa shape index (κ1) is 11.4. The second-order valence-corrected chi connectivity index (χ2v) is 5.30. The van der Waals surface area contributed by atoms with Crippen LogP contribution in [0.4, 0.5) is 0 Å². The molecule has 2 aromatic heterocycles. The lowest BCUT2D eigenvalue weighted by atomic mass is 10.2. The molecule has 0 N–H and O–H groups in total. The molecule has 2 heterocycles. The molecule has 3 rings (SSSR count). The summed E-state index contributed by atoms with van der Waals surface area (Å²) in [7, 11) is 0. The molecule has 18 heavy (non-hydrogen) atoms. The van der Waals surface area contributed by atoms with Gasteiger partial charge in [0.25, 0.3) is 0 Å². The van der Waals surface area contributed by atoms with Crippen molar-refractivity contribution >= 4 is 17.4 Å². The summed E-state index contributed by atoms with van der Waals surface area (Å²) in [6, 6.07) is 14.7. The van der Waals surface area contributed by atoms with E-state index in [4.69, 9.17) is 0 Å². The number of aryl methyl sites for hydroxylation is 1. The topological polar surface area (TPSA) is 17.3 Å². The van der Waals surface area contributed by atoms with E-state index in [0.717, 1.165) is 11.4 Å². The maximum Gasteiger partial charge on any atom is 0.137 e. The monoisotopic (exact) mass is 254 g/mol. The standard InChI is InChI=1S/C15H14N2S/c1-12-7-8-14-16-9-15(17(14)10-12)18-11-13-5-3-2-4-6-13/h2-10H,11H2,1H3. The van der Waals surface area contributed by atoms with Gasteiger partial charge in [0.15, 0.2) is 0 Å². The number of thioether (sulfide) groups is 1. The highest BCUT2D eigenvalue weighted by Crippen LogP contribution is 2.23. The molecule has 0 saturated heterocycles. The SMILES string of the molecule is Cc1ccc2ncc(SCc3ccccc3)n2c1. The number of aromatic nitrogens is 2. The highest BCUT2D eigenvalue weighted by atomic mass is 32.2. The Morgan fingerprint density at radius 1 is 1.11 bits per heavy atom. The normalized spacial score (nSPS) is 10.9. The zero-order valence-electron chi connectivity index (χ0n) is 10.2. The van der Waals surface area contributed by atoms with Gasteiger partial charge in [0, 0.05) is 11.9 Å². The predicted molar refractivity (Wildman–Crippen MR) is 75.9 cm³/mol. The maximum absolute atomic E-state index is 4.41. The Hall–Kier alpha value is -1.74. The molecule has 0 atom stereocenters. The van der Waals surface area contributed by atoms with Crippen LogP contribution < -0.4 is 0 Å². The first-order chi connectivity index (χ1) is 8.83. The van der Waals surface area contributed by atoms with Crippen LogP contribution in [-0.4, -0.2) is 9.38 Å². The van der Waals surface area contributed by atoms with Gasteiger partial charge in [-0.15, -0.1) is 11.8 Å². The molecule has 3 aromatic rings. The number of hydrogen-bond acceptors (Lipinski definition) is 2. The van der Waals surface area contributed by atoms with Crippen LogP contribution in [0.5, 0.6) is 0 Å². The first-order valence-corrected chi connectivity index (χ1v) is 6.92. The van der Waals surface area contributed by atoms with Gasteiger partial charge in [-0.1, -0.05) is 36.4 Å². The lowest BCUT2D eigenvalue weighted by molar-refractivity contribution is 1.03. The third-order valence-corrected chi connectivity index (χ3v) is 3.92. The molecule has 0 radical (unpaired) electrons. The maximum atomic E-state index is 4.41. The fourth-order valence-corrected chi connectivity index (χ4v) is 2.82. The highest BCUT2D eigenvalue weighted by Gasteiger charge is 2.04. The van der Waals surface area contributed by atoms with Crippen LogP contribution in [0.15, 0.2) is 59.9 Å². The van der Waals surface area contributed by atoms with Crippen molar-refractivity contribution in [1.29, 1.82) is 0 Å². The van der Waals surface area contributed by atoms with E-state index >= 15 is 0 Å². The zero-order chi connectivity index (χ0) is 12.4. The largest absolute Gasteiger partial charge is 0.294 e. The van der Waals surface area contributed by atoms with Crippen molar-refractivity contribution in [3.63, 3.8) is 0 Å². The Balaban J connectivity index is 1.85. The number of hydrogen-bond donors (Lipinski definition) is 0. The Kier molecular flexibility index (Phi) is 3.07. The molecule has 0 fully saturated rings. The van der Waals surface area contributed by atoms with Crippen LogP contribution in [0.1, 0.15) is 11.1 Å². The van der Waals surface area contributed by atoms with Gasteiger partial charge in [0.1, 0.15) is 5.65 Å². The molecular formula is C15H14N2S. The van der Waals surface area contributed by atoms with E-state index in [1.165, 1.54) is 16.2 Å². The lowest BCUT2D eigenvalue weighted by Crippen LogP contribution is -1.88. The summed E-state index contributed by atoms with van der Waals surface area (Å²) < 4.78 is 2.16. The van der Waals surface area contributed by atoms with Crippen molar-refractivity contribution in [1.82, 2.24) is 9.38 Å². The van der Waals surface area contributed by atoms with Gasteiger partial charge in [0.2, 0.25) is 0 Å². The van der Waals surface area contributed by atoms with E-state index in [0.29, 0.717) is 0 Å². The van der Waals surface area contributed by atoms with Crippen LogP contribution in [0.25, 0.3) is 5.65 Å². The second-order valence-electron chi connectivity index (χ2n) is 4.31.